The summed E-state index contributed by atoms with van der Waals surface area (Å²) in [6, 6.07) is 9.18. The summed E-state index contributed by atoms with van der Waals surface area (Å²) in [6.45, 7) is 0. The van der Waals surface area contributed by atoms with E-state index in [0.717, 1.165) is 11.0 Å². The zero-order chi connectivity index (χ0) is 14.9. The van der Waals surface area contributed by atoms with Gasteiger partial charge in [-0.25, -0.2) is 9.97 Å². The number of nitrogens with one attached hydrogen (secondary N) is 1. The number of hydrogen-bond acceptors (Lipinski definition) is 4. The van der Waals surface area contributed by atoms with E-state index in [9.17, 15) is 4.79 Å². The lowest BCUT2D eigenvalue weighted by Gasteiger charge is -2.04. The Labute approximate surface area is 125 Å². The summed E-state index contributed by atoms with van der Waals surface area (Å²) in [4.78, 5) is 25.0. The van der Waals surface area contributed by atoms with Gasteiger partial charge in [-0.05, 0) is 24.3 Å². The first-order chi connectivity index (χ1) is 10.8. The van der Waals surface area contributed by atoms with Gasteiger partial charge in [0.25, 0.3) is 5.91 Å². The van der Waals surface area contributed by atoms with Gasteiger partial charge in [0.2, 0.25) is 0 Å². The predicted molar refractivity (Wildman–Crippen MR) is 82.7 cm³/mol. The second-order valence-corrected chi connectivity index (χ2v) is 4.78. The van der Waals surface area contributed by atoms with E-state index in [1.54, 1.807) is 30.7 Å². The van der Waals surface area contributed by atoms with E-state index in [1.165, 1.54) is 6.33 Å². The number of carbonyl (C=O) groups excluding carboxylic acids is 1. The molecule has 0 bridgehead atoms. The molecule has 0 aliphatic rings. The van der Waals surface area contributed by atoms with Crippen LogP contribution in [0.25, 0.3) is 16.6 Å². The normalized spacial score (nSPS) is 10.9. The van der Waals surface area contributed by atoms with Crippen molar-refractivity contribution < 1.29 is 4.79 Å². The maximum atomic E-state index is 12.7. The highest BCUT2D eigenvalue weighted by Gasteiger charge is 2.19. The van der Waals surface area contributed by atoms with Gasteiger partial charge in [0.05, 0.1) is 22.8 Å². The topological polar surface area (TPSA) is 72.2 Å². The predicted octanol–water partition coefficient (Wildman–Crippen LogP) is 2.53. The molecular weight excluding hydrogens is 278 g/mol. The van der Waals surface area contributed by atoms with Gasteiger partial charge < -0.3 is 9.72 Å². The molecule has 0 unspecified atom stereocenters. The fourth-order valence-electron chi connectivity index (χ4n) is 2.52. The van der Waals surface area contributed by atoms with Crippen molar-refractivity contribution in [2.24, 2.45) is 0 Å². The number of pyridine rings is 2. The van der Waals surface area contributed by atoms with Crippen LogP contribution in [-0.2, 0) is 0 Å². The molecule has 4 aromatic rings. The molecule has 0 saturated heterocycles. The molecule has 0 aliphatic heterocycles. The SMILES string of the molecule is O=C(Nc1ccncc1)c1c2ncncc2n2ccccc12. The van der Waals surface area contributed by atoms with Crippen LogP contribution in [0.2, 0.25) is 0 Å². The number of rotatable bonds is 2. The summed E-state index contributed by atoms with van der Waals surface area (Å²) < 4.78 is 1.91. The van der Waals surface area contributed by atoms with Crippen LogP contribution in [0.4, 0.5) is 5.69 Å². The Morgan fingerprint density at radius 2 is 1.91 bits per heavy atom. The molecule has 0 spiro atoms. The average molecular weight is 289 g/mol. The van der Waals surface area contributed by atoms with Crippen molar-refractivity contribution in [3.05, 3.63) is 67.0 Å². The molecule has 1 amide bonds. The van der Waals surface area contributed by atoms with Crippen LogP contribution in [-0.4, -0.2) is 25.3 Å². The van der Waals surface area contributed by atoms with Crippen molar-refractivity contribution in [1.29, 1.82) is 0 Å². The lowest BCUT2D eigenvalue weighted by Crippen LogP contribution is -2.12. The average Bonchev–Trinajstić information content (AvgIpc) is 2.90. The molecule has 6 heteroatoms. The lowest BCUT2D eigenvalue weighted by molar-refractivity contribution is 0.102. The molecule has 4 aromatic heterocycles. The smallest absolute Gasteiger partial charge is 0.260 e. The third kappa shape index (κ3) is 1.89. The zero-order valence-corrected chi connectivity index (χ0v) is 11.5. The van der Waals surface area contributed by atoms with E-state index in [2.05, 4.69) is 20.3 Å². The van der Waals surface area contributed by atoms with E-state index in [0.29, 0.717) is 16.8 Å². The zero-order valence-electron chi connectivity index (χ0n) is 11.5. The number of aromatic nitrogens is 4. The second-order valence-electron chi connectivity index (χ2n) is 4.78. The lowest BCUT2D eigenvalue weighted by atomic mass is 10.2. The quantitative estimate of drug-likeness (QED) is 0.615. The van der Waals surface area contributed by atoms with E-state index < -0.39 is 0 Å². The summed E-state index contributed by atoms with van der Waals surface area (Å²) in [5, 5.41) is 2.88. The standard InChI is InChI=1S/C16H11N5O/c22-16(20-11-4-6-17-7-5-11)14-12-3-1-2-8-21(12)13-9-18-10-19-15(13)14/h1-10H,(H,17,20,22). The van der Waals surface area contributed by atoms with E-state index >= 15 is 0 Å². The first-order valence-electron chi connectivity index (χ1n) is 6.75. The van der Waals surface area contributed by atoms with Crippen molar-refractivity contribution in [3.63, 3.8) is 0 Å². The molecule has 0 fully saturated rings. The minimum absolute atomic E-state index is 0.205. The summed E-state index contributed by atoms with van der Waals surface area (Å²) in [7, 11) is 0. The van der Waals surface area contributed by atoms with E-state index in [-0.39, 0.29) is 5.91 Å². The Hall–Kier alpha value is -3.28. The Balaban J connectivity index is 1.91. The second kappa shape index (κ2) is 4.92. The van der Waals surface area contributed by atoms with Crippen molar-refractivity contribution >= 4 is 28.1 Å². The molecule has 0 atom stereocenters. The van der Waals surface area contributed by atoms with Gasteiger partial charge in [0, 0.05) is 24.3 Å². The maximum Gasteiger partial charge on any atom is 0.260 e. The third-order valence-electron chi connectivity index (χ3n) is 3.47. The molecular formula is C16H11N5O. The van der Waals surface area contributed by atoms with Gasteiger partial charge in [0.1, 0.15) is 11.8 Å². The Bertz CT molecular complexity index is 924. The number of amides is 1. The molecule has 0 saturated carbocycles. The van der Waals surface area contributed by atoms with Crippen LogP contribution < -0.4 is 5.32 Å². The van der Waals surface area contributed by atoms with Gasteiger partial charge in [-0.3, -0.25) is 9.78 Å². The summed E-state index contributed by atoms with van der Waals surface area (Å²) in [6.07, 6.45) is 8.31. The molecule has 1 N–H and O–H groups in total. The van der Waals surface area contributed by atoms with Crippen molar-refractivity contribution in [1.82, 2.24) is 19.4 Å². The molecule has 0 radical (unpaired) electrons. The van der Waals surface area contributed by atoms with E-state index in [4.69, 9.17) is 0 Å². The summed E-state index contributed by atoms with van der Waals surface area (Å²) in [5.74, 6) is -0.205. The minimum atomic E-state index is -0.205. The van der Waals surface area contributed by atoms with Crippen LogP contribution in [0.3, 0.4) is 0 Å². The Morgan fingerprint density at radius 3 is 2.77 bits per heavy atom. The number of carbonyl (C=O) groups is 1. The summed E-state index contributed by atoms with van der Waals surface area (Å²) >= 11 is 0. The largest absolute Gasteiger partial charge is 0.322 e. The van der Waals surface area contributed by atoms with Gasteiger partial charge >= 0.3 is 0 Å². The first-order valence-corrected chi connectivity index (χ1v) is 6.75. The van der Waals surface area contributed by atoms with E-state index in [1.807, 2.05) is 28.8 Å². The molecule has 22 heavy (non-hydrogen) atoms. The van der Waals surface area contributed by atoms with Crippen LogP contribution >= 0.6 is 0 Å². The van der Waals surface area contributed by atoms with Crippen molar-refractivity contribution in [3.8, 4) is 0 Å². The summed E-state index contributed by atoms with van der Waals surface area (Å²) in [5.41, 5.74) is 3.46. The monoisotopic (exact) mass is 289 g/mol. The van der Waals surface area contributed by atoms with Crippen LogP contribution in [0.1, 0.15) is 10.4 Å². The van der Waals surface area contributed by atoms with Crippen LogP contribution in [0.5, 0.6) is 0 Å². The van der Waals surface area contributed by atoms with Gasteiger partial charge in [-0.1, -0.05) is 6.07 Å². The minimum Gasteiger partial charge on any atom is -0.322 e. The highest BCUT2D eigenvalue weighted by atomic mass is 16.1. The molecule has 4 rings (SSSR count). The number of nitrogens with zero attached hydrogens (tertiary/aromatic N) is 4. The molecule has 6 nitrogen and oxygen atoms in total. The van der Waals surface area contributed by atoms with Crippen molar-refractivity contribution in [2.45, 2.75) is 0 Å². The van der Waals surface area contributed by atoms with Crippen LogP contribution in [0.15, 0.2) is 61.4 Å². The molecule has 106 valence electrons. The molecule has 0 aliphatic carbocycles. The fourth-order valence-corrected chi connectivity index (χ4v) is 2.52. The van der Waals surface area contributed by atoms with Crippen LogP contribution in [0, 0.1) is 0 Å². The number of fused-ring (bicyclic) bond motifs is 3. The van der Waals surface area contributed by atoms with Gasteiger partial charge in [-0.2, -0.15) is 0 Å². The first kappa shape index (κ1) is 12.5. The molecule has 4 heterocycles. The highest BCUT2D eigenvalue weighted by Crippen LogP contribution is 2.25. The highest BCUT2D eigenvalue weighted by molar-refractivity contribution is 6.17. The van der Waals surface area contributed by atoms with Crippen molar-refractivity contribution in [2.75, 3.05) is 5.32 Å². The fraction of sp³-hybridized carbons (Fsp3) is 0. The third-order valence-corrected chi connectivity index (χ3v) is 3.47. The Morgan fingerprint density at radius 1 is 1.05 bits per heavy atom. The van der Waals surface area contributed by atoms with Gasteiger partial charge in [0.15, 0.2) is 0 Å². The maximum absolute atomic E-state index is 12.7. The Kier molecular flexibility index (Phi) is 2.79. The molecule has 0 aromatic carbocycles. The van der Waals surface area contributed by atoms with Gasteiger partial charge in [-0.15, -0.1) is 0 Å². The number of hydrogen-bond donors (Lipinski definition) is 1. The number of anilines is 1.